The van der Waals surface area contributed by atoms with Crippen molar-refractivity contribution in [3.05, 3.63) is 65.9 Å². The predicted molar refractivity (Wildman–Crippen MR) is 95.9 cm³/mol. The van der Waals surface area contributed by atoms with E-state index in [2.05, 4.69) is 29.0 Å². The van der Waals surface area contributed by atoms with Crippen molar-refractivity contribution in [1.82, 2.24) is 4.57 Å². The second-order valence-corrected chi connectivity index (χ2v) is 6.46. The molecule has 122 valence electrons. The van der Waals surface area contributed by atoms with Crippen LogP contribution in [0.1, 0.15) is 47.6 Å². The van der Waals surface area contributed by atoms with Crippen LogP contribution in [0.3, 0.4) is 0 Å². The van der Waals surface area contributed by atoms with Gasteiger partial charge in [-0.15, -0.1) is 0 Å². The molecule has 1 fully saturated rings. The van der Waals surface area contributed by atoms with Crippen LogP contribution in [-0.4, -0.2) is 17.5 Å². The molecule has 1 saturated carbocycles. The molecule has 1 aromatic heterocycles. The number of ether oxygens (including phenoxy) is 1. The highest BCUT2D eigenvalue weighted by molar-refractivity contribution is 6.16. The largest absolute Gasteiger partial charge is 0.497 e. The number of nitrogens with zero attached hydrogens (tertiary/aromatic N) is 1. The topological polar surface area (TPSA) is 31.2 Å². The van der Waals surface area contributed by atoms with E-state index in [0.29, 0.717) is 11.6 Å². The van der Waals surface area contributed by atoms with Crippen LogP contribution in [0.2, 0.25) is 0 Å². The van der Waals surface area contributed by atoms with E-state index >= 15 is 0 Å². The van der Waals surface area contributed by atoms with E-state index in [9.17, 15) is 4.79 Å². The van der Waals surface area contributed by atoms with Crippen molar-refractivity contribution in [2.24, 2.45) is 0 Å². The van der Waals surface area contributed by atoms with Crippen molar-refractivity contribution in [1.29, 1.82) is 0 Å². The number of carbonyl (C=O) groups excluding carboxylic acids is 1. The summed E-state index contributed by atoms with van der Waals surface area (Å²) in [5.74, 6) is 0.838. The van der Waals surface area contributed by atoms with E-state index in [4.69, 9.17) is 4.74 Å². The van der Waals surface area contributed by atoms with Gasteiger partial charge in [0.1, 0.15) is 5.75 Å². The molecular weight excluding hydrogens is 298 g/mol. The number of hydrogen-bond donors (Lipinski definition) is 0. The first kappa shape index (κ1) is 15.0. The summed E-state index contributed by atoms with van der Waals surface area (Å²) in [5, 5.41) is 1.05. The van der Waals surface area contributed by atoms with E-state index in [-0.39, 0.29) is 5.78 Å². The minimum atomic E-state index is 0.0746. The first-order chi connectivity index (χ1) is 11.8. The Morgan fingerprint density at radius 1 is 1.04 bits per heavy atom. The van der Waals surface area contributed by atoms with Gasteiger partial charge in [-0.05, 0) is 43.2 Å². The van der Waals surface area contributed by atoms with Gasteiger partial charge in [-0.2, -0.15) is 0 Å². The lowest BCUT2D eigenvalue weighted by Gasteiger charge is -2.12. The normalized spacial score (nSPS) is 15.0. The lowest BCUT2D eigenvalue weighted by Crippen LogP contribution is -2.04. The molecule has 0 aliphatic heterocycles. The molecule has 4 rings (SSSR count). The summed E-state index contributed by atoms with van der Waals surface area (Å²) in [6.45, 7) is 0. The molecule has 1 aliphatic carbocycles. The Morgan fingerprint density at radius 3 is 2.46 bits per heavy atom. The zero-order chi connectivity index (χ0) is 16.5. The Hall–Kier alpha value is -2.55. The van der Waals surface area contributed by atoms with Crippen molar-refractivity contribution < 1.29 is 9.53 Å². The SMILES string of the molecule is COc1ccc(C(=O)c2cn(C3CCCC3)c3ccccc23)cc1. The molecule has 0 saturated heterocycles. The first-order valence-electron chi connectivity index (χ1n) is 8.56. The van der Waals surface area contributed by atoms with Crippen molar-refractivity contribution in [3.63, 3.8) is 0 Å². The van der Waals surface area contributed by atoms with Gasteiger partial charge < -0.3 is 9.30 Å². The van der Waals surface area contributed by atoms with Crippen LogP contribution in [0.15, 0.2) is 54.7 Å². The molecule has 2 aromatic carbocycles. The van der Waals surface area contributed by atoms with Crippen LogP contribution in [0.5, 0.6) is 5.75 Å². The molecule has 0 spiro atoms. The Balaban J connectivity index is 1.79. The molecule has 24 heavy (non-hydrogen) atoms. The summed E-state index contributed by atoms with van der Waals surface area (Å²) in [6, 6.07) is 16.1. The van der Waals surface area contributed by atoms with Crippen LogP contribution in [0, 0.1) is 0 Å². The van der Waals surface area contributed by atoms with Gasteiger partial charge in [-0.3, -0.25) is 4.79 Å². The summed E-state index contributed by atoms with van der Waals surface area (Å²) < 4.78 is 7.50. The van der Waals surface area contributed by atoms with E-state index < -0.39 is 0 Å². The number of fused-ring (bicyclic) bond motifs is 1. The number of ketones is 1. The number of aromatic nitrogens is 1. The van der Waals surface area contributed by atoms with Gasteiger partial charge in [0, 0.05) is 34.3 Å². The molecular formula is C21H21NO2. The molecule has 3 aromatic rings. The summed E-state index contributed by atoms with van der Waals surface area (Å²) in [6.07, 6.45) is 7.02. The van der Waals surface area contributed by atoms with Crippen molar-refractivity contribution in [2.75, 3.05) is 7.11 Å². The van der Waals surface area contributed by atoms with Crippen molar-refractivity contribution in [2.45, 2.75) is 31.7 Å². The minimum Gasteiger partial charge on any atom is -0.497 e. The second kappa shape index (κ2) is 6.16. The van der Waals surface area contributed by atoms with E-state index in [1.165, 1.54) is 31.2 Å². The number of benzene rings is 2. The van der Waals surface area contributed by atoms with Crippen LogP contribution in [-0.2, 0) is 0 Å². The number of para-hydroxylation sites is 1. The monoisotopic (exact) mass is 319 g/mol. The molecule has 1 aliphatic rings. The quantitative estimate of drug-likeness (QED) is 0.634. The summed E-state index contributed by atoms with van der Waals surface area (Å²) in [7, 11) is 1.63. The maximum atomic E-state index is 13.0. The average Bonchev–Trinajstić information content (AvgIpc) is 3.29. The lowest BCUT2D eigenvalue weighted by atomic mass is 10.0. The highest BCUT2D eigenvalue weighted by Crippen LogP contribution is 2.35. The molecule has 3 nitrogen and oxygen atoms in total. The highest BCUT2D eigenvalue weighted by Gasteiger charge is 2.22. The van der Waals surface area contributed by atoms with Crippen molar-refractivity contribution in [3.8, 4) is 5.75 Å². The minimum absolute atomic E-state index is 0.0746. The van der Waals surface area contributed by atoms with E-state index in [1.807, 2.05) is 30.3 Å². The Morgan fingerprint density at radius 2 is 1.75 bits per heavy atom. The summed E-state index contributed by atoms with van der Waals surface area (Å²) in [4.78, 5) is 13.0. The number of rotatable bonds is 4. The van der Waals surface area contributed by atoms with Gasteiger partial charge in [0.15, 0.2) is 5.78 Å². The highest BCUT2D eigenvalue weighted by atomic mass is 16.5. The Bertz CT molecular complexity index is 870. The first-order valence-corrected chi connectivity index (χ1v) is 8.56. The van der Waals surface area contributed by atoms with Gasteiger partial charge in [-0.25, -0.2) is 0 Å². The zero-order valence-corrected chi connectivity index (χ0v) is 13.9. The summed E-state index contributed by atoms with van der Waals surface area (Å²) >= 11 is 0. The third-order valence-corrected chi connectivity index (χ3v) is 5.06. The van der Waals surface area contributed by atoms with Crippen LogP contribution >= 0.6 is 0 Å². The Kier molecular flexibility index (Phi) is 3.85. The molecule has 0 atom stereocenters. The smallest absolute Gasteiger partial charge is 0.195 e. The maximum absolute atomic E-state index is 13.0. The fourth-order valence-electron chi connectivity index (χ4n) is 3.77. The zero-order valence-electron chi connectivity index (χ0n) is 13.9. The summed E-state index contributed by atoms with van der Waals surface area (Å²) in [5.41, 5.74) is 2.66. The van der Waals surface area contributed by atoms with Crippen LogP contribution in [0.25, 0.3) is 10.9 Å². The molecule has 0 bridgehead atoms. The van der Waals surface area contributed by atoms with Gasteiger partial charge >= 0.3 is 0 Å². The van der Waals surface area contributed by atoms with E-state index in [0.717, 1.165) is 16.7 Å². The van der Waals surface area contributed by atoms with Gasteiger partial charge in [0.25, 0.3) is 0 Å². The van der Waals surface area contributed by atoms with Crippen molar-refractivity contribution >= 4 is 16.7 Å². The fraction of sp³-hybridized carbons (Fsp3) is 0.286. The van der Waals surface area contributed by atoms with Gasteiger partial charge in [-0.1, -0.05) is 31.0 Å². The molecule has 0 radical (unpaired) electrons. The Labute approximate surface area is 141 Å². The third kappa shape index (κ3) is 2.50. The molecule has 0 N–H and O–H groups in total. The van der Waals surface area contributed by atoms with Gasteiger partial charge in [0.2, 0.25) is 0 Å². The number of hydrogen-bond acceptors (Lipinski definition) is 2. The lowest BCUT2D eigenvalue weighted by molar-refractivity contribution is 0.104. The molecule has 0 amide bonds. The molecule has 0 unspecified atom stereocenters. The molecule has 3 heteroatoms. The van der Waals surface area contributed by atoms with Crippen LogP contribution < -0.4 is 4.74 Å². The number of methoxy groups -OCH3 is 1. The van der Waals surface area contributed by atoms with Gasteiger partial charge in [0.05, 0.1) is 7.11 Å². The second-order valence-electron chi connectivity index (χ2n) is 6.46. The van der Waals surface area contributed by atoms with E-state index in [1.54, 1.807) is 7.11 Å². The average molecular weight is 319 g/mol. The third-order valence-electron chi connectivity index (χ3n) is 5.06. The molecule has 1 heterocycles. The predicted octanol–water partition coefficient (Wildman–Crippen LogP) is 5.00. The standard InChI is InChI=1S/C21H21NO2/c1-24-17-12-10-15(11-13-17)21(23)19-14-22(16-6-2-3-7-16)20-9-5-4-8-18(19)20/h4-5,8-14,16H,2-3,6-7H2,1H3. The maximum Gasteiger partial charge on any atom is 0.195 e. The fourth-order valence-corrected chi connectivity index (χ4v) is 3.77. The van der Waals surface area contributed by atoms with Crippen LogP contribution in [0.4, 0.5) is 0 Å². The number of carbonyl (C=O) groups is 1.